The molecule has 1 aromatic rings. The van der Waals surface area contributed by atoms with E-state index in [9.17, 15) is 9.59 Å². The standard InChI is InChI=1S/C13H18BrN3O2/c1-9-8-10(14)13(19)17-7-3-5-15-4-2-6-16-12(18)11(9)17/h8,15H,2-7H2,1H3,(H,16,18). The van der Waals surface area contributed by atoms with Crippen molar-refractivity contribution in [3.05, 3.63) is 32.2 Å². The van der Waals surface area contributed by atoms with Crippen LogP contribution in [-0.2, 0) is 6.54 Å². The van der Waals surface area contributed by atoms with Gasteiger partial charge in [0.2, 0.25) is 0 Å². The van der Waals surface area contributed by atoms with E-state index in [-0.39, 0.29) is 11.5 Å². The Hall–Kier alpha value is -1.14. The van der Waals surface area contributed by atoms with Crippen molar-refractivity contribution in [1.82, 2.24) is 15.2 Å². The molecule has 0 bridgehead atoms. The highest BCUT2D eigenvalue weighted by Gasteiger charge is 2.17. The molecule has 2 N–H and O–H groups in total. The van der Waals surface area contributed by atoms with Crippen LogP contribution in [0.1, 0.15) is 28.9 Å². The van der Waals surface area contributed by atoms with Crippen LogP contribution in [0.15, 0.2) is 15.3 Å². The van der Waals surface area contributed by atoms with Crippen molar-refractivity contribution in [2.24, 2.45) is 0 Å². The second-order valence-corrected chi connectivity index (χ2v) is 5.55. The molecule has 1 aliphatic heterocycles. The van der Waals surface area contributed by atoms with Crippen molar-refractivity contribution in [1.29, 1.82) is 0 Å². The highest BCUT2D eigenvalue weighted by atomic mass is 79.9. The van der Waals surface area contributed by atoms with E-state index in [2.05, 4.69) is 26.6 Å². The molecule has 0 radical (unpaired) electrons. The van der Waals surface area contributed by atoms with Gasteiger partial charge in [-0.2, -0.15) is 0 Å². The molecule has 0 unspecified atom stereocenters. The third-order valence-corrected chi connectivity index (χ3v) is 3.77. The highest BCUT2D eigenvalue weighted by molar-refractivity contribution is 9.10. The summed E-state index contributed by atoms with van der Waals surface area (Å²) in [5.41, 5.74) is 1.15. The number of rotatable bonds is 0. The summed E-state index contributed by atoms with van der Waals surface area (Å²) in [6, 6.07) is 1.71. The predicted octanol–water partition coefficient (Wildman–Crippen LogP) is 1.03. The molecule has 0 saturated carbocycles. The fourth-order valence-electron chi connectivity index (χ4n) is 2.26. The van der Waals surface area contributed by atoms with Gasteiger partial charge in [-0.3, -0.25) is 9.59 Å². The Bertz CT molecular complexity index is 539. The molecule has 104 valence electrons. The number of amides is 1. The number of pyridine rings is 1. The van der Waals surface area contributed by atoms with Crippen molar-refractivity contribution in [2.75, 3.05) is 19.6 Å². The summed E-state index contributed by atoms with van der Waals surface area (Å²) in [7, 11) is 0. The fraction of sp³-hybridized carbons (Fsp3) is 0.538. The topological polar surface area (TPSA) is 63.1 Å². The van der Waals surface area contributed by atoms with E-state index in [1.165, 1.54) is 0 Å². The van der Waals surface area contributed by atoms with E-state index in [0.717, 1.165) is 31.5 Å². The number of aromatic nitrogens is 1. The Morgan fingerprint density at radius 1 is 1.21 bits per heavy atom. The average Bonchev–Trinajstić information content (AvgIpc) is 2.41. The summed E-state index contributed by atoms with van der Waals surface area (Å²) >= 11 is 3.26. The van der Waals surface area contributed by atoms with E-state index >= 15 is 0 Å². The van der Waals surface area contributed by atoms with Crippen molar-refractivity contribution < 1.29 is 4.79 Å². The van der Waals surface area contributed by atoms with Crippen LogP contribution < -0.4 is 16.2 Å². The van der Waals surface area contributed by atoms with Gasteiger partial charge in [0.25, 0.3) is 11.5 Å². The number of hydrogen-bond acceptors (Lipinski definition) is 3. The second-order valence-electron chi connectivity index (χ2n) is 4.69. The monoisotopic (exact) mass is 327 g/mol. The van der Waals surface area contributed by atoms with Gasteiger partial charge in [0.05, 0.1) is 4.47 Å². The van der Waals surface area contributed by atoms with Crippen molar-refractivity contribution in [2.45, 2.75) is 26.3 Å². The van der Waals surface area contributed by atoms with Crippen LogP contribution in [0.25, 0.3) is 0 Å². The molecule has 6 heteroatoms. The lowest BCUT2D eigenvalue weighted by atomic mass is 10.2. The Morgan fingerprint density at radius 3 is 2.74 bits per heavy atom. The highest BCUT2D eigenvalue weighted by Crippen LogP contribution is 2.13. The third-order valence-electron chi connectivity index (χ3n) is 3.20. The minimum absolute atomic E-state index is 0.144. The van der Waals surface area contributed by atoms with E-state index in [1.807, 2.05) is 6.92 Å². The summed E-state index contributed by atoms with van der Waals surface area (Å²) < 4.78 is 2.08. The second kappa shape index (κ2) is 6.34. The molecule has 0 fully saturated rings. The fourth-order valence-corrected chi connectivity index (χ4v) is 2.82. The number of nitrogens with one attached hydrogen (secondary N) is 2. The molecule has 0 saturated heterocycles. The summed E-state index contributed by atoms with van der Waals surface area (Å²) in [5, 5.41) is 6.17. The number of fused-ring (bicyclic) bond motifs is 1. The Balaban J connectivity index is 2.46. The van der Waals surface area contributed by atoms with E-state index in [4.69, 9.17) is 0 Å². The van der Waals surface area contributed by atoms with Crippen LogP contribution in [0.2, 0.25) is 0 Å². The van der Waals surface area contributed by atoms with Gasteiger partial charge in [-0.25, -0.2) is 0 Å². The predicted molar refractivity (Wildman–Crippen MR) is 77.6 cm³/mol. The molecule has 2 rings (SSSR count). The van der Waals surface area contributed by atoms with Crippen LogP contribution in [0.5, 0.6) is 0 Å². The molecule has 2 heterocycles. The zero-order valence-electron chi connectivity index (χ0n) is 11.0. The van der Waals surface area contributed by atoms with Crippen LogP contribution >= 0.6 is 15.9 Å². The lowest BCUT2D eigenvalue weighted by Gasteiger charge is -2.15. The van der Waals surface area contributed by atoms with Gasteiger partial charge in [-0.15, -0.1) is 0 Å². The van der Waals surface area contributed by atoms with Crippen LogP contribution in [0.3, 0.4) is 0 Å². The van der Waals surface area contributed by atoms with E-state index in [1.54, 1.807) is 10.6 Å². The first-order valence-electron chi connectivity index (χ1n) is 6.50. The maximum absolute atomic E-state index is 12.2. The Labute approximate surface area is 120 Å². The molecule has 1 aliphatic rings. The molecular formula is C13H18BrN3O2. The summed E-state index contributed by atoms with van der Waals surface area (Å²) in [6.07, 6.45) is 1.72. The number of halogens is 1. The maximum atomic E-state index is 12.2. The smallest absolute Gasteiger partial charge is 0.268 e. The zero-order valence-corrected chi connectivity index (χ0v) is 12.5. The summed E-state index contributed by atoms with van der Waals surface area (Å²) in [4.78, 5) is 24.4. The number of nitrogens with zero attached hydrogens (tertiary/aromatic N) is 1. The van der Waals surface area contributed by atoms with Gasteiger partial charge in [0.1, 0.15) is 5.69 Å². The van der Waals surface area contributed by atoms with Gasteiger partial charge in [-0.1, -0.05) is 0 Å². The largest absolute Gasteiger partial charge is 0.351 e. The molecular weight excluding hydrogens is 310 g/mol. The first kappa shape index (κ1) is 14.3. The minimum Gasteiger partial charge on any atom is -0.351 e. The van der Waals surface area contributed by atoms with E-state index < -0.39 is 0 Å². The minimum atomic E-state index is -0.163. The van der Waals surface area contributed by atoms with Crippen molar-refractivity contribution in [3.8, 4) is 0 Å². The normalized spacial score (nSPS) is 17.3. The lowest BCUT2D eigenvalue weighted by molar-refractivity contribution is 0.0942. The SMILES string of the molecule is Cc1cc(Br)c(=O)n2c1C(=O)NCCCNCCC2. The lowest BCUT2D eigenvalue weighted by Crippen LogP contribution is -2.34. The van der Waals surface area contributed by atoms with Crippen LogP contribution in [0, 0.1) is 6.92 Å². The summed E-state index contributed by atoms with van der Waals surface area (Å²) in [5.74, 6) is -0.163. The Kier molecular flexibility index (Phi) is 4.76. The quantitative estimate of drug-likeness (QED) is 0.748. The van der Waals surface area contributed by atoms with Crippen LogP contribution in [-0.4, -0.2) is 30.1 Å². The molecule has 0 aliphatic carbocycles. The van der Waals surface area contributed by atoms with Gasteiger partial charge in [-0.05, 0) is 60.4 Å². The van der Waals surface area contributed by atoms with Crippen molar-refractivity contribution in [3.63, 3.8) is 0 Å². The number of aryl methyl sites for hydroxylation is 1. The molecule has 5 nitrogen and oxygen atoms in total. The van der Waals surface area contributed by atoms with Gasteiger partial charge < -0.3 is 15.2 Å². The molecule has 0 spiro atoms. The van der Waals surface area contributed by atoms with Crippen LogP contribution in [0.4, 0.5) is 0 Å². The first-order chi connectivity index (χ1) is 9.11. The molecule has 0 atom stereocenters. The number of carbonyl (C=O) groups excluding carboxylic acids is 1. The molecule has 1 amide bonds. The number of hydrogen-bond donors (Lipinski definition) is 2. The zero-order chi connectivity index (χ0) is 13.8. The number of carbonyl (C=O) groups is 1. The third kappa shape index (κ3) is 3.25. The van der Waals surface area contributed by atoms with Gasteiger partial charge in [0.15, 0.2) is 0 Å². The molecule has 1 aromatic heterocycles. The van der Waals surface area contributed by atoms with Gasteiger partial charge >= 0.3 is 0 Å². The van der Waals surface area contributed by atoms with Gasteiger partial charge in [0, 0.05) is 13.1 Å². The van der Waals surface area contributed by atoms with E-state index in [0.29, 0.717) is 23.3 Å². The molecule has 0 aromatic carbocycles. The first-order valence-corrected chi connectivity index (χ1v) is 7.29. The maximum Gasteiger partial charge on any atom is 0.268 e. The average molecular weight is 328 g/mol. The van der Waals surface area contributed by atoms with Crippen molar-refractivity contribution >= 4 is 21.8 Å². The molecule has 19 heavy (non-hydrogen) atoms. The Morgan fingerprint density at radius 2 is 1.95 bits per heavy atom. The summed E-state index contributed by atoms with van der Waals surface area (Å²) in [6.45, 7) is 4.76.